The maximum atomic E-state index is 11.8. The normalized spacial score (nSPS) is 10.6. The van der Waals surface area contributed by atoms with E-state index in [-0.39, 0.29) is 5.91 Å². The van der Waals surface area contributed by atoms with Gasteiger partial charge >= 0.3 is 0 Å². The Balaban J connectivity index is 1.87. The van der Waals surface area contributed by atoms with Crippen LogP contribution in [-0.4, -0.2) is 21.1 Å². The second-order valence-corrected chi connectivity index (χ2v) is 4.22. The molecular weight excluding hydrogens is 236 g/mol. The first kappa shape index (κ1) is 9.98. The van der Waals surface area contributed by atoms with Crippen molar-refractivity contribution in [2.75, 3.05) is 5.32 Å². The molecule has 17 heavy (non-hydrogen) atoms. The molecule has 3 aromatic rings. The van der Waals surface area contributed by atoms with E-state index in [9.17, 15) is 4.79 Å². The highest BCUT2D eigenvalue weighted by Gasteiger charge is 2.08. The second kappa shape index (κ2) is 3.99. The quantitative estimate of drug-likeness (QED) is 0.726. The minimum absolute atomic E-state index is 0.200. The zero-order chi connectivity index (χ0) is 11.7. The van der Waals surface area contributed by atoms with Crippen LogP contribution in [0.1, 0.15) is 10.5 Å². The van der Waals surface area contributed by atoms with E-state index in [1.54, 1.807) is 17.1 Å². The molecule has 5 nitrogen and oxygen atoms in total. The molecule has 2 N–H and O–H groups in total. The molecule has 0 bridgehead atoms. The summed E-state index contributed by atoms with van der Waals surface area (Å²) in [6, 6.07) is 5.56. The highest BCUT2D eigenvalue weighted by Crippen LogP contribution is 2.17. The fourth-order valence-electron chi connectivity index (χ4n) is 1.54. The highest BCUT2D eigenvalue weighted by molar-refractivity contribution is 7.07. The average molecular weight is 244 g/mol. The first-order valence-electron chi connectivity index (χ1n) is 4.95. The predicted molar refractivity (Wildman–Crippen MR) is 66.2 cm³/mol. The smallest absolute Gasteiger partial charge is 0.275 e. The van der Waals surface area contributed by atoms with E-state index in [4.69, 9.17) is 0 Å². The third-order valence-electron chi connectivity index (χ3n) is 2.36. The zero-order valence-electron chi connectivity index (χ0n) is 8.68. The number of rotatable bonds is 2. The minimum atomic E-state index is -0.200. The number of carbonyl (C=O) groups is 1. The lowest BCUT2D eigenvalue weighted by atomic mass is 10.2. The Labute approximate surface area is 101 Å². The van der Waals surface area contributed by atoms with Crippen molar-refractivity contribution in [1.82, 2.24) is 15.2 Å². The van der Waals surface area contributed by atoms with Gasteiger partial charge in [0, 0.05) is 16.5 Å². The number of hydrogen-bond donors (Lipinski definition) is 2. The van der Waals surface area contributed by atoms with E-state index >= 15 is 0 Å². The molecule has 0 radical (unpaired) electrons. The summed E-state index contributed by atoms with van der Waals surface area (Å²) in [4.78, 5) is 15.7. The van der Waals surface area contributed by atoms with Gasteiger partial charge in [-0.1, -0.05) is 0 Å². The van der Waals surface area contributed by atoms with Crippen molar-refractivity contribution in [2.24, 2.45) is 0 Å². The van der Waals surface area contributed by atoms with Crippen LogP contribution >= 0.6 is 11.3 Å². The Kier molecular flexibility index (Phi) is 2.34. The molecule has 0 saturated heterocycles. The number of hydrogen-bond acceptors (Lipinski definition) is 4. The Morgan fingerprint density at radius 2 is 2.35 bits per heavy atom. The molecule has 84 valence electrons. The van der Waals surface area contributed by atoms with Crippen molar-refractivity contribution >= 4 is 33.8 Å². The van der Waals surface area contributed by atoms with Crippen molar-refractivity contribution in [2.45, 2.75) is 0 Å². The number of benzene rings is 1. The Hall–Kier alpha value is -2.21. The summed E-state index contributed by atoms with van der Waals surface area (Å²) in [6.45, 7) is 0. The van der Waals surface area contributed by atoms with Crippen LogP contribution < -0.4 is 5.32 Å². The van der Waals surface area contributed by atoms with Gasteiger partial charge in [-0.05, 0) is 18.2 Å². The van der Waals surface area contributed by atoms with Crippen LogP contribution in [0.15, 0.2) is 35.3 Å². The number of nitrogens with one attached hydrogen (secondary N) is 2. The summed E-state index contributed by atoms with van der Waals surface area (Å²) in [5.74, 6) is -0.200. The number of H-pyrrole nitrogens is 1. The molecular formula is C11H8N4OS. The molecule has 0 atom stereocenters. The largest absolute Gasteiger partial charge is 0.321 e. The summed E-state index contributed by atoms with van der Waals surface area (Å²) >= 11 is 1.40. The number of carbonyl (C=O) groups excluding carboxylic acids is 1. The Morgan fingerprint density at radius 1 is 1.41 bits per heavy atom. The number of amides is 1. The van der Waals surface area contributed by atoms with Gasteiger partial charge in [-0.15, -0.1) is 11.3 Å². The lowest BCUT2D eigenvalue weighted by Crippen LogP contribution is -2.11. The van der Waals surface area contributed by atoms with E-state index in [0.29, 0.717) is 5.69 Å². The molecule has 0 saturated carbocycles. The number of nitrogens with zero attached hydrogens (tertiary/aromatic N) is 2. The van der Waals surface area contributed by atoms with Gasteiger partial charge < -0.3 is 5.32 Å². The van der Waals surface area contributed by atoms with E-state index in [1.165, 1.54) is 11.3 Å². The van der Waals surface area contributed by atoms with Gasteiger partial charge in [0.2, 0.25) is 0 Å². The summed E-state index contributed by atoms with van der Waals surface area (Å²) in [7, 11) is 0. The predicted octanol–water partition coefficient (Wildman–Crippen LogP) is 2.27. The van der Waals surface area contributed by atoms with Crippen LogP contribution in [0.3, 0.4) is 0 Å². The van der Waals surface area contributed by atoms with Crippen molar-refractivity contribution < 1.29 is 4.79 Å². The second-order valence-electron chi connectivity index (χ2n) is 3.50. The first-order chi connectivity index (χ1) is 8.33. The van der Waals surface area contributed by atoms with Gasteiger partial charge in [0.05, 0.1) is 17.2 Å². The zero-order valence-corrected chi connectivity index (χ0v) is 9.49. The molecule has 3 rings (SSSR count). The Morgan fingerprint density at radius 3 is 3.18 bits per heavy atom. The number of aromatic amines is 1. The highest BCUT2D eigenvalue weighted by atomic mass is 32.1. The van der Waals surface area contributed by atoms with Gasteiger partial charge in [0.1, 0.15) is 5.69 Å². The van der Waals surface area contributed by atoms with Crippen LogP contribution in [-0.2, 0) is 0 Å². The number of thiazole rings is 1. The molecule has 6 heteroatoms. The van der Waals surface area contributed by atoms with Crippen molar-refractivity contribution in [1.29, 1.82) is 0 Å². The van der Waals surface area contributed by atoms with Crippen molar-refractivity contribution in [3.05, 3.63) is 41.0 Å². The fourth-order valence-corrected chi connectivity index (χ4v) is 2.07. The Bertz CT molecular complexity index is 659. The third-order valence-corrected chi connectivity index (χ3v) is 2.95. The van der Waals surface area contributed by atoms with Crippen molar-refractivity contribution in [3.8, 4) is 0 Å². The van der Waals surface area contributed by atoms with Crippen LogP contribution in [0.2, 0.25) is 0 Å². The van der Waals surface area contributed by atoms with Crippen LogP contribution in [0.25, 0.3) is 10.9 Å². The molecule has 0 fully saturated rings. The molecule has 2 aromatic heterocycles. The monoisotopic (exact) mass is 244 g/mol. The van der Waals surface area contributed by atoms with Crippen LogP contribution in [0, 0.1) is 0 Å². The minimum Gasteiger partial charge on any atom is -0.321 e. The third kappa shape index (κ3) is 1.90. The van der Waals surface area contributed by atoms with Crippen LogP contribution in [0.5, 0.6) is 0 Å². The molecule has 1 amide bonds. The number of aromatic nitrogens is 3. The molecule has 0 aliphatic carbocycles. The molecule has 2 heterocycles. The summed E-state index contributed by atoms with van der Waals surface area (Å²) in [6.07, 6.45) is 1.72. The standard InChI is InChI=1S/C11H8N4OS/c16-11(10-5-17-6-12-10)14-8-1-2-9-7(3-8)4-13-15-9/h1-6H,(H,13,15)(H,14,16). The lowest BCUT2D eigenvalue weighted by Gasteiger charge is -2.02. The molecule has 1 aromatic carbocycles. The van der Waals surface area contributed by atoms with E-state index < -0.39 is 0 Å². The van der Waals surface area contributed by atoms with Gasteiger partial charge in [-0.25, -0.2) is 4.98 Å². The maximum Gasteiger partial charge on any atom is 0.275 e. The van der Waals surface area contributed by atoms with Gasteiger partial charge in [0.25, 0.3) is 5.91 Å². The molecule has 0 spiro atoms. The van der Waals surface area contributed by atoms with Crippen molar-refractivity contribution in [3.63, 3.8) is 0 Å². The van der Waals surface area contributed by atoms with Gasteiger partial charge in [-0.3, -0.25) is 9.89 Å². The molecule has 0 aliphatic heterocycles. The molecule has 0 aliphatic rings. The number of fused-ring (bicyclic) bond motifs is 1. The average Bonchev–Trinajstić information content (AvgIpc) is 2.99. The van der Waals surface area contributed by atoms with E-state index in [0.717, 1.165) is 16.6 Å². The van der Waals surface area contributed by atoms with E-state index in [1.807, 2.05) is 18.2 Å². The topological polar surface area (TPSA) is 70.7 Å². The first-order valence-corrected chi connectivity index (χ1v) is 5.90. The summed E-state index contributed by atoms with van der Waals surface area (Å²) < 4.78 is 0. The lowest BCUT2D eigenvalue weighted by molar-refractivity contribution is 0.102. The summed E-state index contributed by atoms with van der Waals surface area (Å²) in [5, 5.41) is 12.2. The number of anilines is 1. The van der Waals surface area contributed by atoms with Gasteiger partial charge in [-0.2, -0.15) is 5.10 Å². The van der Waals surface area contributed by atoms with Gasteiger partial charge in [0.15, 0.2) is 0 Å². The van der Waals surface area contributed by atoms with E-state index in [2.05, 4.69) is 20.5 Å². The molecule has 0 unspecified atom stereocenters. The summed E-state index contributed by atoms with van der Waals surface area (Å²) in [5.41, 5.74) is 3.74. The fraction of sp³-hybridized carbons (Fsp3) is 0. The van der Waals surface area contributed by atoms with Crippen LogP contribution in [0.4, 0.5) is 5.69 Å². The maximum absolute atomic E-state index is 11.8. The SMILES string of the molecule is O=C(Nc1ccc2[nH]ncc2c1)c1cscn1.